The Morgan fingerprint density at radius 2 is 2.17 bits per heavy atom. The topological polar surface area (TPSA) is 33.3 Å². The highest BCUT2D eigenvalue weighted by Gasteiger charge is 2.11. The lowest BCUT2D eigenvalue weighted by atomic mass is 10.1. The van der Waals surface area contributed by atoms with E-state index in [4.69, 9.17) is 4.74 Å². The number of piperidine rings is 1. The maximum atomic E-state index is 5.23. The van der Waals surface area contributed by atoms with Crippen molar-refractivity contribution in [2.24, 2.45) is 0 Å². The van der Waals surface area contributed by atoms with Crippen molar-refractivity contribution in [2.75, 3.05) is 26.7 Å². The van der Waals surface area contributed by atoms with Crippen LogP contribution in [0.4, 0.5) is 0 Å². The molecule has 1 heterocycles. The van der Waals surface area contributed by atoms with Crippen LogP contribution in [0.3, 0.4) is 0 Å². The minimum absolute atomic E-state index is 0.688. The number of nitrogens with one attached hydrogen (secondary N) is 2. The monoisotopic (exact) mass is 312 g/mol. The summed E-state index contributed by atoms with van der Waals surface area (Å²) in [6, 6.07) is 6.98. The molecule has 100 valence electrons. The fourth-order valence-electron chi connectivity index (χ4n) is 2.31. The van der Waals surface area contributed by atoms with Crippen LogP contribution in [-0.4, -0.2) is 32.8 Å². The van der Waals surface area contributed by atoms with Gasteiger partial charge < -0.3 is 15.4 Å². The molecule has 18 heavy (non-hydrogen) atoms. The molecular weight excluding hydrogens is 292 g/mol. The zero-order valence-electron chi connectivity index (χ0n) is 10.8. The summed E-state index contributed by atoms with van der Waals surface area (Å²) in [6.07, 6.45) is 3.55. The summed E-state index contributed by atoms with van der Waals surface area (Å²) in [6.45, 7) is 3.33. The van der Waals surface area contributed by atoms with Gasteiger partial charge in [-0.2, -0.15) is 0 Å². The lowest BCUT2D eigenvalue weighted by Gasteiger charge is -2.23. The van der Waals surface area contributed by atoms with E-state index in [-0.39, 0.29) is 0 Å². The maximum absolute atomic E-state index is 5.23. The zero-order valence-corrected chi connectivity index (χ0v) is 12.4. The summed E-state index contributed by atoms with van der Waals surface area (Å²) in [5, 5.41) is 7.01. The predicted molar refractivity (Wildman–Crippen MR) is 78.3 cm³/mol. The fraction of sp³-hybridized carbons (Fsp3) is 0.571. The number of ether oxygens (including phenoxy) is 1. The smallest absolute Gasteiger partial charge is 0.133 e. The molecule has 3 nitrogen and oxygen atoms in total. The van der Waals surface area contributed by atoms with E-state index >= 15 is 0 Å². The number of benzene rings is 1. The molecule has 4 heteroatoms. The first-order valence-electron chi connectivity index (χ1n) is 6.56. The molecule has 2 N–H and O–H groups in total. The van der Waals surface area contributed by atoms with Crippen LogP contribution < -0.4 is 15.4 Å². The molecule has 0 radical (unpaired) electrons. The first kappa shape index (κ1) is 13.8. The van der Waals surface area contributed by atoms with Gasteiger partial charge in [0.1, 0.15) is 5.75 Å². The van der Waals surface area contributed by atoms with Gasteiger partial charge in [-0.25, -0.2) is 0 Å². The van der Waals surface area contributed by atoms with Gasteiger partial charge in [-0.1, -0.05) is 6.07 Å². The van der Waals surface area contributed by atoms with Crippen molar-refractivity contribution < 1.29 is 4.74 Å². The van der Waals surface area contributed by atoms with Gasteiger partial charge in [0.2, 0.25) is 0 Å². The lowest BCUT2D eigenvalue weighted by molar-refractivity contribution is 0.389. The van der Waals surface area contributed by atoms with Crippen molar-refractivity contribution in [2.45, 2.75) is 25.3 Å². The highest BCUT2D eigenvalue weighted by Crippen LogP contribution is 2.25. The second-order valence-electron chi connectivity index (χ2n) is 4.70. The first-order chi connectivity index (χ1) is 8.79. The standard InChI is InChI=1S/C14H21BrN2O/c1-18-14-3-2-11(10-13(14)15)4-9-17-12-5-7-16-8-6-12/h2-3,10,12,16-17H,4-9H2,1H3. The Labute approximate surface area is 117 Å². The number of rotatable bonds is 5. The number of hydrogen-bond acceptors (Lipinski definition) is 3. The molecule has 0 unspecified atom stereocenters. The highest BCUT2D eigenvalue weighted by atomic mass is 79.9. The summed E-state index contributed by atoms with van der Waals surface area (Å²) in [5.41, 5.74) is 1.34. The first-order valence-corrected chi connectivity index (χ1v) is 7.35. The summed E-state index contributed by atoms with van der Waals surface area (Å²) >= 11 is 3.52. The molecule has 0 spiro atoms. The summed E-state index contributed by atoms with van der Waals surface area (Å²) in [7, 11) is 1.69. The van der Waals surface area contributed by atoms with E-state index in [0.29, 0.717) is 6.04 Å². The molecule has 1 fully saturated rings. The quantitative estimate of drug-likeness (QED) is 0.875. The van der Waals surface area contributed by atoms with Gasteiger partial charge in [-0.3, -0.25) is 0 Å². The zero-order chi connectivity index (χ0) is 12.8. The third-order valence-electron chi connectivity index (χ3n) is 3.40. The Hall–Kier alpha value is -0.580. The summed E-state index contributed by atoms with van der Waals surface area (Å²) in [5.74, 6) is 0.894. The molecule has 0 saturated carbocycles. The molecule has 0 atom stereocenters. The van der Waals surface area contributed by atoms with Gasteiger partial charge in [0, 0.05) is 6.04 Å². The van der Waals surface area contributed by atoms with E-state index in [2.05, 4.69) is 38.7 Å². The average Bonchev–Trinajstić information content (AvgIpc) is 2.40. The van der Waals surface area contributed by atoms with Crippen LogP contribution in [0.5, 0.6) is 5.75 Å². The van der Waals surface area contributed by atoms with E-state index < -0.39 is 0 Å². The van der Waals surface area contributed by atoms with E-state index in [9.17, 15) is 0 Å². The van der Waals surface area contributed by atoms with Gasteiger partial charge >= 0.3 is 0 Å². The number of hydrogen-bond donors (Lipinski definition) is 2. The largest absolute Gasteiger partial charge is 0.496 e. The predicted octanol–water partition coefficient (Wildman–Crippen LogP) is 2.34. The molecule has 1 saturated heterocycles. The van der Waals surface area contributed by atoms with Crippen molar-refractivity contribution in [3.63, 3.8) is 0 Å². The Kier molecular flexibility index (Phi) is 5.47. The van der Waals surface area contributed by atoms with Crippen LogP contribution in [0.25, 0.3) is 0 Å². The lowest BCUT2D eigenvalue weighted by Crippen LogP contribution is -2.40. The second-order valence-corrected chi connectivity index (χ2v) is 5.55. The van der Waals surface area contributed by atoms with Crippen molar-refractivity contribution in [3.05, 3.63) is 28.2 Å². The molecule has 1 aliphatic heterocycles. The van der Waals surface area contributed by atoms with Crippen LogP contribution in [0.15, 0.2) is 22.7 Å². The van der Waals surface area contributed by atoms with Gasteiger partial charge in [-0.15, -0.1) is 0 Å². The van der Waals surface area contributed by atoms with Crippen molar-refractivity contribution in [1.82, 2.24) is 10.6 Å². The Bertz CT molecular complexity index is 378. The normalized spacial score (nSPS) is 16.8. The molecule has 2 rings (SSSR count). The molecule has 0 aliphatic carbocycles. The molecule has 0 bridgehead atoms. The van der Waals surface area contributed by atoms with Crippen molar-refractivity contribution in [3.8, 4) is 5.75 Å². The van der Waals surface area contributed by atoms with Crippen LogP contribution in [-0.2, 0) is 6.42 Å². The number of halogens is 1. The third kappa shape index (κ3) is 3.97. The Balaban J connectivity index is 1.77. The molecule has 1 aromatic rings. The third-order valence-corrected chi connectivity index (χ3v) is 4.02. The van der Waals surface area contributed by atoms with Crippen LogP contribution in [0.1, 0.15) is 18.4 Å². The fourth-order valence-corrected chi connectivity index (χ4v) is 2.90. The van der Waals surface area contributed by atoms with Gasteiger partial charge in [-0.05, 0) is 72.5 Å². The highest BCUT2D eigenvalue weighted by molar-refractivity contribution is 9.10. The van der Waals surface area contributed by atoms with E-state index in [1.807, 2.05) is 6.07 Å². The Morgan fingerprint density at radius 3 is 2.83 bits per heavy atom. The molecule has 0 aromatic heterocycles. The molecule has 1 aromatic carbocycles. The van der Waals surface area contributed by atoms with Crippen LogP contribution in [0.2, 0.25) is 0 Å². The van der Waals surface area contributed by atoms with E-state index in [1.54, 1.807) is 7.11 Å². The van der Waals surface area contributed by atoms with Gasteiger partial charge in [0.25, 0.3) is 0 Å². The van der Waals surface area contributed by atoms with Crippen molar-refractivity contribution >= 4 is 15.9 Å². The molecule has 0 amide bonds. The van der Waals surface area contributed by atoms with Crippen LogP contribution >= 0.6 is 15.9 Å². The van der Waals surface area contributed by atoms with E-state index in [1.165, 1.54) is 18.4 Å². The minimum atomic E-state index is 0.688. The SMILES string of the molecule is COc1ccc(CCNC2CCNCC2)cc1Br. The van der Waals surface area contributed by atoms with E-state index in [0.717, 1.165) is 36.3 Å². The van der Waals surface area contributed by atoms with Gasteiger partial charge in [0.05, 0.1) is 11.6 Å². The summed E-state index contributed by atoms with van der Waals surface area (Å²) in [4.78, 5) is 0. The second kappa shape index (κ2) is 7.12. The minimum Gasteiger partial charge on any atom is -0.496 e. The Morgan fingerprint density at radius 1 is 1.39 bits per heavy atom. The van der Waals surface area contributed by atoms with Crippen LogP contribution in [0, 0.1) is 0 Å². The molecular formula is C14H21BrN2O. The van der Waals surface area contributed by atoms with Crippen molar-refractivity contribution in [1.29, 1.82) is 0 Å². The molecule has 1 aliphatic rings. The maximum Gasteiger partial charge on any atom is 0.133 e. The average molecular weight is 313 g/mol. The van der Waals surface area contributed by atoms with Gasteiger partial charge in [0.15, 0.2) is 0 Å². The number of methoxy groups -OCH3 is 1. The summed E-state index contributed by atoms with van der Waals surface area (Å²) < 4.78 is 6.26.